The first kappa shape index (κ1) is 17.3. The molecule has 0 radical (unpaired) electrons. The van der Waals surface area contributed by atoms with Crippen LogP contribution < -0.4 is 10.3 Å². The predicted molar refractivity (Wildman–Crippen MR) is 105 cm³/mol. The number of carbonyl (C=O) groups excluding carboxylic acids is 1. The number of nitrogens with one attached hydrogen (secondary N) is 1. The first-order valence-electron chi connectivity index (χ1n) is 9.30. The molecule has 2 heterocycles. The van der Waals surface area contributed by atoms with E-state index in [9.17, 15) is 9.59 Å². The predicted octanol–water partition coefficient (Wildman–Crippen LogP) is 3.46. The molecule has 3 aromatic rings. The van der Waals surface area contributed by atoms with Gasteiger partial charge in [0.1, 0.15) is 11.4 Å². The van der Waals surface area contributed by atoms with Gasteiger partial charge < -0.3 is 14.6 Å². The summed E-state index contributed by atoms with van der Waals surface area (Å²) in [5, 5.41) is 1.39. The molecule has 0 atom stereocenters. The second-order valence-electron chi connectivity index (χ2n) is 6.96. The van der Waals surface area contributed by atoms with Crippen LogP contribution in [0.3, 0.4) is 0 Å². The maximum Gasteiger partial charge on any atom is 0.270 e. The number of nitrogens with zero attached hydrogens (tertiary/aromatic N) is 1. The number of hydrogen-bond donors (Lipinski definition) is 1. The number of aromatic amines is 1. The molecule has 27 heavy (non-hydrogen) atoms. The lowest BCUT2D eigenvalue weighted by Gasteiger charge is -2.31. The van der Waals surface area contributed by atoms with E-state index in [0.29, 0.717) is 36.7 Å². The number of aromatic nitrogens is 1. The Morgan fingerprint density at radius 3 is 2.52 bits per heavy atom. The molecule has 0 bridgehead atoms. The highest BCUT2D eigenvalue weighted by molar-refractivity contribution is 5.96. The lowest BCUT2D eigenvalue weighted by molar-refractivity contribution is 0.0655. The molecule has 5 nitrogen and oxygen atoms in total. The maximum atomic E-state index is 12.8. The van der Waals surface area contributed by atoms with Crippen molar-refractivity contribution in [3.63, 3.8) is 0 Å². The van der Waals surface area contributed by atoms with Crippen molar-refractivity contribution in [2.24, 2.45) is 5.92 Å². The molecule has 1 aliphatic rings. The number of para-hydroxylation sites is 1. The summed E-state index contributed by atoms with van der Waals surface area (Å²) in [5.74, 6) is 1.20. The molecular formula is C22H22N2O3. The fourth-order valence-corrected chi connectivity index (χ4v) is 3.53. The molecule has 1 N–H and O–H groups in total. The Morgan fingerprint density at radius 1 is 1.04 bits per heavy atom. The van der Waals surface area contributed by atoms with Gasteiger partial charge in [0.2, 0.25) is 0 Å². The van der Waals surface area contributed by atoms with Gasteiger partial charge in [0.05, 0.1) is 6.61 Å². The largest absolute Gasteiger partial charge is 0.493 e. The van der Waals surface area contributed by atoms with E-state index in [1.165, 1.54) is 0 Å². The number of H-pyrrole nitrogens is 1. The molecule has 1 aromatic heterocycles. The summed E-state index contributed by atoms with van der Waals surface area (Å²) in [6, 6.07) is 18.9. The van der Waals surface area contributed by atoms with Crippen molar-refractivity contribution in [3.8, 4) is 5.75 Å². The van der Waals surface area contributed by atoms with Gasteiger partial charge in [-0.25, -0.2) is 0 Å². The summed E-state index contributed by atoms with van der Waals surface area (Å²) < 4.78 is 5.84. The topological polar surface area (TPSA) is 62.4 Å². The number of hydrogen-bond acceptors (Lipinski definition) is 3. The Kier molecular flexibility index (Phi) is 4.92. The highest BCUT2D eigenvalue weighted by atomic mass is 16.5. The molecule has 1 amide bonds. The van der Waals surface area contributed by atoms with Gasteiger partial charge in [0, 0.05) is 18.5 Å². The zero-order valence-corrected chi connectivity index (χ0v) is 15.1. The van der Waals surface area contributed by atoms with Gasteiger partial charge in [-0.3, -0.25) is 9.59 Å². The quantitative estimate of drug-likeness (QED) is 0.773. The van der Waals surface area contributed by atoms with Crippen LogP contribution in [0.25, 0.3) is 10.8 Å². The molecule has 4 rings (SSSR count). The van der Waals surface area contributed by atoms with Gasteiger partial charge in [-0.2, -0.15) is 0 Å². The molecule has 1 fully saturated rings. The molecule has 0 aliphatic carbocycles. The summed E-state index contributed by atoms with van der Waals surface area (Å²) >= 11 is 0. The van der Waals surface area contributed by atoms with Crippen LogP contribution in [0, 0.1) is 5.92 Å². The molecule has 5 heteroatoms. The molecular weight excluding hydrogens is 340 g/mol. The number of ether oxygens (including phenoxy) is 1. The Labute approximate surface area is 157 Å². The second kappa shape index (κ2) is 7.66. The average molecular weight is 362 g/mol. The summed E-state index contributed by atoms with van der Waals surface area (Å²) in [6.07, 6.45) is 1.80. The van der Waals surface area contributed by atoms with Crippen molar-refractivity contribution in [2.45, 2.75) is 12.8 Å². The Bertz CT molecular complexity index is 989. The van der Waals surface area contributed by atoms with Gasteiger partial charge in [-0.05, 0) is 48.4 Å². The van der Waals surface area contributed by atoms with Crippen molar-refractivity contribution in [3.05, 3.63) is 76.7 Å². The van der Waals surface area contributed by atoms with Gasteiger partial charge in [-0.15, -0.1) is 0 Å². The van der Waals surface area contributed by atoms with Crippen LogP contribution >= 0.6 is 0 Å². The van der Waals surface area contributed by atoms with E-state index in [-0.39, 0.29) is 11.5 Å². The van der Waals surface area contributed by atoms with Crippen molar-refractivity contribution < 1.29 is 9.53 Å². The van der Waals surface area contributed by atoms with Crippen LogP contribution in [0.5, 0.6) is 5.75 Å². The van der Waals surface area contributed by atoms with E-state index < -0.39 is 0 Å². The van der Waals surface area contributed by atoms with Crippen molar-refractivity contribution >= 4 is 16.7 Å². The molecule has 2 aromatic carbocycles. The van der Waals surface area contributed by atoms with Crippen LogP contribution in [0.2, 0.25) is 0 Å². The zero-order valence-electron chi connectivity index (χ0n) is 15.1. The lowest BCUT2D eigenvalue weighted by atomic mass is 9.97. The molecule has 0 unspecified atom stereocenters. The molecule has 1 saturated heterocycles. The summed E-state index contributed by atoms with van der Waals surface area (Å²) in [6.45, 7) is 2.02. The number of fused-ring (bicyclic) bond motifs is 1. The molecule has 138 valence electrons. The minimum atomic E-state index is -0.220. The monoisotopic (exact) mass is 362 g/mol. The number of piperidine rings is 1. The first-order chi connectivity index (χ1) is 13.2. The highest BCUT2D eigenvalue weighted by Gasteiger charge is 2.25. The molecule has 0 saturated carbocycles. The third kappa shape index (κ3) is 3.87. The van der Waals surface area contributed by atoms with E-state index in [4.69, 9.17) is 4.74 Å². The van der Waals surface area contributed by atoms with Gasteiger partial charge in [0.15, 0.2) is 0 Å². The smallest absolute Gasteiger partial charge is 0.270 e. The van der Waals surface area contributed by atoms with Crippen LogP contribution in [-0.4, -0.2) is 35.5 Å². The third-order valence-corrected chi connectivity index (χ3v) is 5.11. The third-order valence-electron chi connectivity index (χ3n) is 5.11. The van der Waals surface area contributed by atoms with Gasteiger partial charge >= 0.3 is 0 Å². The van der Waals surface area contributed by atoms with E-state index >= 15 is 0 Å². The van der Waals surface area contributed by atoms with Crippen LogP contribution in [0.15, 0.2) is 65.5 Å². The Balaban J connectivity index is 1.38. The fourth-order valence-electron chi connectivity index (χ4n) is 3.53. The zero-order chi connectivity index (χ0) is 18.6. The van der Waals surface area contributed by atoms with Crippen LogP contribution in [0.1, 0.15) is 23.3 Å². The van der Waals surface area contributed by atoms with Crippen molar-refractivity contribution in [1.29, 1.82) is 0 Å². The highest BCUT2D eigenvalue weighted by Crippen LogP contribution is 2.21. The summed E-state index contributed by atoms with van der Waals surface area (Å²) in [4.78, 5) is 29.6. The van der Waals surface area contributed by atoms with E-state index in [2.05, 4.69) is 4.98 Å². The van der Waals surface area contributed by atoms with Gasteiger partial charge in [-0.1, -0.05) is 36.4 Å². The van der Waals surface area contributed by atoms with Crippen molar-refractivity contribution in [1.82, 2.24) is 9.88 Å². The van der Waals surface area contributed by atoms with Gasteiger partial charge in [0.25, 0.3) is 11.5 Å². The first-order valence-corrected chi connectivity index (χ1v) is 9.30. The average Bonchev–Trinajstić information content (AvgIpc) is 2.73. The number of pyridine rings is 1. The number of benzene rings is 2. The number of rotatable bonds is 4. The number of likely N-dealkylation sites (tertiary alicyclic amines) is 1. The second-order valence-corrected chi connectivity index (χ2v) is 6.96. The molecule has 0 spiro atoms. The van der Waals surface area contributed by atoms with E-state index in [1.54, 1.807) is 12.1 Å². The minimum Gasteiger partial charge on any atom is -0.493 e. The summed E-state index contributed by atoms with van der Waals surface area (Å²) in [7, 11) is 0. The van der Waals surface area contributed by atoms with Crippen LogP contribution in [-0.2, 0) is 0 Å². The number of amides is 1. The summed E-state index contributed by atoms with van der Waals surface area (Å²) in [5.41, 5.74) is 0.139. The van der Waals surface area contributed by atoms with E-state index in [0.717, 1.165) is 24.0 Å². The Morgan fingerprint density at radius 2 is 1.74 bits per heavy atom. The van der Waals surface area contributed by atoms with Crippen molar-refractivity contribution in [2.75, 3.05) is 19.7 Å². The normalized spacial score (nSPS) is 15.0. The Hall–Kier alpha value is -3.08. The SMILES string of the molecule is O=C(c1cc2ccccc2c(=O)[nH]1)N1CCC(COc2ccccc2)CC1. The standard InChI is InChI=1S/C22H22N2O3/c25-21-19-9-5-4-6-17(19)14-20(23-21)22(26)24-12-10-16(11-13-24)15-27-18-7-2-1-3-8-18/h1-9,14,16H,10-13,15H2,(H,23,25). The lowest BCUT2D eigenvalue weighted by Crippen LogP contribution is -2.40. The minimum absolute atomic E-state index is 0.111. The van der Waals surface area contributed by atoms with Crippen LogP contribution in [0.4, 0.5) is 0 Å². The maximum absolute atomic E-state index is 12.8. The fraction of sp³-hybridized carbons (Fsp3) is 0.273. The molecule has 1 aliphatic heterocycles. The number of carbonyl (C=O) groups is 1. The van der Waals surface area contributed by atoms with E-state index in [1.807, 2.05) is 53.4 Å².